The first-order valence-electron chi connectivity index (χ1n) is 10.8. The maximum Gasteiger partial charge on any atom is 0.303 e. The van der Waals surface area contributed by atoms with E-state index in [1.807, 2.05) is 86.0 Å². The smallest absolute Gasteiger partial charge is 0.303 e. The van der Waals surface area contributed by atoms with Crippen molar-refractivity contribution in [1.82, 2.24) is 10.6 Å². The summed E-state index contributed by atoms with van der Waals surface area (Å²) < 4.78 is 0. The largest absolute Gasteiger partial charge is 0.481 e. The van der Waals surface area contributed by atoms with Crippen LogP contribution in [0.3, 0.4) is 0 Å². The average molecular weight is 465 g/mol. The predicted molar refractivity (Wildman–Crippen MR) is 130 cm³/mol. The highest BCUT2D eigenvalue weighted by Crippen LogP contribution is 2.28. The van der Waals surface area contributed by atoms with Crippen LogP contribution in [0, 0.1) is 0 Å². The molecule has 1 atom stereocenters. The van der Waals surface area contributed by atoms with Gasteiger partial charge in [0.05, 0.1) is 4.88 Å². The minimum Gasteiger partial charge on any atom is -0.481 e. The lowest BCUT2D eigenvalue weighted by Gasteiger charge is -2.29. The topological polar surface area (TPSA) is 95.5 Å². The number of nitrogens with one attached hydrogen (secondary N) is 2. The number of hydrogen-bond acceptors (Lipinski definition) is 4. The van der Waals surface area contributed by atoms with Crippen molar-refractivity contribution in [3.05, 3.63) is 82.6 Å². The fourth-order valence-electron chi connectivity index (χ4n) is 3.66. The minimum absolute atomic E-state index is 0.000366. The predicted octanol–water partition coefficient (Wildman–Crippen LogP) is 4.52. The lowest BCUT2D eigenvalue weighted by molar-refractivity contribution is -0.137. The van der Waals surface area contributed by atoms with Crippen LogP contribution in [0.25, 0.3) is 11.1 Å². The summed E-state index contributed by atoms with van der Waals surface area (Å²) in [5, 5.41) is 16.7. The van der Waals surface area contributed by atoms with Gasteiger partial charge in [0, 0.05) is 17.5 Å². The quantitative estimate of drug-likeness (QED) is 0.411. The average Bonchev–Trinajstić information content (AvgIpc) is 3.27. The van der Waals surface area contributed by atoms with Gasteiger partial charge in [-0.25, -0.2) is 0 Å². The van der Waals surface area contributed by atoms with Gasteiger partial charge in [0.25, 0.3) is 5.91 Å². The Morgan fingerprint density at radius 3 is 2.24 bits per heavy atom. The Kier molecular flexibility index (Phi) is 8.01. The van der Waals surface area contributed by atoms with Crippen molar-refractivity contribution in [3.63, 3.8) is 0 Å². The zero-order valence-corrected chi connectivity index (χ0v) is 19.5. The molecule has 0 saturated heterocycles. The second-order valence-electron chi connectivity index (χ2n) is 8.52. The van der Waals surface area contributed by atoms with Crippen molar-refractivity contribution in [2.24, 2.45) is 0 Å². The van der Waals surface area contributed by atoms with Gasteiger partial charge >= 0.3 is 5.97 Å². The molecule has 0 saturated carbocycles. The third kappa shape index (κ3) is 7.02. The van der Waals surface area contributed by atoms with Gasteiger partial charge in [-0.1, -0.05) is 60.7 Å². The van der Waals surface area contributed by atoms with Crippen LogP contribution < -0.4 is 10.6 Å². The van der Waals surface area contributed by atoms with E-state index >= 15 is 0 Å². The van der Waals surface area contributed by atoms with Gasteiger partial charge in [0.1, 0.15) is 6.04 Å². The van der Waals surface area contributed by atoms with E-state index in [4.69, 9.17) is 5.11 Å². The Morgan fingerprint density at radius 1 is 0.970 bits per heavy atom. The van der Waals surface area contributed by atoms with E-state index in [0.717, 1.165) is 16.7 Å². The number of carbonyl (C=O) groups excluding carboxylic acids is 2. The SMILES string of the molecule is CC(C)(Cc1ccccc1)NC(=O)[C@H](CCC(=O)O)NC(=O)c1sccc1-c1ccccc1. The van der Waals surface area contributed by atoms with E-state index in [1.165, 1.54) is 11.3 Å². The molecule has 0 spiro atoms. The number of benzene rings is 2. The van der Waals surface area contributed by atoms with Crippen molar-refractivity contribution in [2.45, 2.75) is 44.7 Å². The van der Waals surface area contributed by atoms with E-state index in [9.17, 15) is 14.4 Å². The van der Waals surface area contributed by atoms with Gasteiger partial charge in [-0.3, -0.25) is 14.4 Å². The standard InChI is InChI=1S/C26H28N2O4S/c1-26(2,17-18-9-5-3-6-10-18)28-24(31)21(13-14-22(29)30)27-25(32)23-20(15-16-33-23)19-11-7-4-8-12-19/h3-12,15-16,21H,13-14,17H2,1-2H3,(H,27,32)(H,28,31)(H,29,30)/t21-/m0/s1. The van der Waals surface area contributed by atoms with Gasteiger partial charge in [0.2, 0.25) is 5.91 Å². The van der Waals surface area contributed by atoms with E-state index in [0.29, 0.717) is 11.3 Å². The van der Waals surface area contributed by atoms with Crippen LogP contribution in [0.2, 0.25) is 0 Å². The van der Waals surface area contributed by atoms with Gasteiger partial charge < -0.3 is 15.7 Å². The summed E-state index contributed by atoms with van der Waals surface area (Å²) in [5.74, 6) is -1.81. The van der Waals surface area contributed by atoms with Gasteiger partial charge in [-0.2, -0.15) is 0 Å². The summed E-state index contributed by atoms with van der Waals surface area (Å²) in [6.45, 7) is 3.81. The molecule has 6 nitrogen and oxygen atoms in total. The monoisotopic (exact) mass is 464 g/mol. The van der Waals surface area contributed by atoms with Gasteiger partial charge in [0.15, 0.2) is 0 Å². The van der Waals surface area contributed by atoms with Crippen LogP contribution in [0.4, 0.5) is 0 Å². The Morgan fingerprint density at radius 2 is 1.61 bits per heavy atom. The molecular weight excluding hydrogens is 436 g/mol. The molecule has 2 amide bonds. The molecule has 0 unspecified atom stereocenters. The number of carbonyl (C=O) groups is 3. The minimum atomic E-state index is -1.02. The van der Waals surface area contributed by atoms with Crippen molar-refractivity contribution in [2.75, 3.05) is 0 Å². The van der Waals surface area contributed by atoms with E-state index in [1.54, 1.807) is 0 Å². The molecule has 1 heterocycles. The van der Waals surface area contributed by atoms with E-state index < -0.39 is 29.4 Å². The zero-order chi connectivity index (χ0) is 23.8. The van der Waals surface area contributed by atoms with Crippen LogP contribution in [0.15, 0.2) is 72.1 Å². The second kappa shape index (κ2) is 10.9. The normalized spacial score (nSPS) is 12.1. The van der Waals surface area contributed by atoms with Crippen LogP contribution >= 0.6 is 11.3 Å². The first kappa shape index (κ1) is 24.2. The summed E-state index contributed by atoms with van der Waals surface area (Å²) in [5.41, 5.74) is 2.17. The molecule has 172 valence electrons. The molecule has 1 aromatic heterocycles. The third-order valence-electron chi connectivity index (χ3n) is 5.18. The fourth-order valence-corrected chi connectivity index (χ4v) is 4.48. The van der Waals surface area contributed by atoms with Crippen molar-refractivity contribution < 1.29 is 19.5 Å². The van der Waals surface area contributed by atoms with Crippen molar-refractivity contribution >= 4 is 29.1 Å². The molecule has 33 heavy (non-hydrogen) atoms. The number of thiophene rings is 1. The highest BCUT2D eigenvalue weighted by Gasteiger charge is 2.29. The van der Waals surface area contributed by atoms with Crippen LogP contribution in [-0.4, -0.2) is 34.5 Å². The summed E-state index contributed by atoms with van der Waals surface area (Å²) in [6, 6.07) is 20.2. The molecule has 7 heteroatoms. The molecule has 3 aromatic rings. The Hall–Kier alpha value is -3.45. The van der Waals surface area contributed by atoms with Crippen LogP contribution in [-0.2, 0) is 16.0 Å². The molecule has 3 N–H and O–H groups in total. The summed E-state index contributed by atoms with van der Waals surface area (Å²) in [6.07, 6.45) is 0.371. The Bertz CT molecular complexity index is 1090. The maximum absolute atomic E-state index is 13.1. The van der Waals surface area contributed by atoms with Gasteiger partial charge in [-0.05, 0) is 49.3 Å². The molecule has 3 rings (SSSR count). The molecule has 0 aliphatic rings. The number of amides is 2. The molecule has 0 aliphatic heterocycles. The Labute approximate surface area is 197 Å². The summed E-state index contributed by atoms with van der Waals surface area (Å²) in [7, 11) is 0. The van der Waals surface area contributed by atoms with Crippen molar-refractivity contribution in [3.8, 4) is 11.1 Å². The van der Waals surface area contributed by atoms with Gasteiger partial charge in [-0.15, -0.1) is 11.3 Å². The number of hydrogen-bond donors (Lipinski definition) is 3. The Balaban J connectivity index is 1.74. The van der Waals surface area contributed by atoms with E-state index in [2.05, 4.69) is 10.6 Å². The molecule has 0 fully saturated rings. The lowest BCUT2D eigenvalue weighted by atomic mass is 9.94. The third-order valence-corrected chi connectivity index (χ3v) is 6.09. The molecular formula is C26H28N2O4S. The molecule has 0 bridgehead atoms. The number of carboxylic acids is 1. The lowest BCUT2D eigenvalue weighted by Crippen LogP contribution is -2.54. The number of aliphatic carboxylic acids is 1. The van der Waals surface area contributed by atoms with Crippen LogP contribution in [0.1, 0.15) is 41.9 Å². The number of rotatable bonds is 10. The first-order chi connectivity index (χ1) is 15.7. The summed E-state index contributed by atoms with van der Waals surface area (Å²) in [4.78, 5) is 37.8. The molecule has 2 aromatic carbocycles. The molecule has 0 radical (unpaired) electrons. The second-order valence-corrected chi connectivity index (χ2v) is 9.44. The maximum atomic E-state index is 13.1. The highest BCUT2D eigenvalue weighted by molar-refractivity contribution is 7.12. The fraction of sp³-hybridized carbons (Fsp3) is 0.269. The van der Waals surface area contributed by atoms with Crippen molar-refractivity contribution in [1.29, 1.82) is 0 Å². The van der Waals surface area contributed by atoms with Crippen LogP contribution in [0.5, 0.6) is 0 Å². The molecule has 0 aliphatic carbocycles. The zero-order valence-electron chi connectivity index (χ0n) is 18.7. The number of carboxylic acid groups (broad SMARTS) is 1. The summed E-state index contributed by atoms with van der Waals surface area (Å²) >= 11 is 1.29. The first-order valence-corrected chi connectivity index (χ1v) is 11.6. The highest BCUT2D eigenvalue weighted by atomic mass is 32.1. The van der Waals surface area contributed by atoms with E-state index in [-0.39, 0.29) is 12.8 Å².